The highest BCUT2D eigenvalue weighted by molar-refractivity contribution is 5.78. The Labute approximate surface area is 109 Å². The van der Waals surface area contributed by atoms with Crippen LogP contribution in [-0.4, -0.2) is 5.97 Å². The molecule has 0 spiro atoms. The molecule has 96 valence electrons. The van der Waals surface area contributed by atoms with Gasteiger partial charge in [-0.1, -0.05) is 56.3 Å². The Bertz CT molecular complexity index is 445. The van der Waals surface area contributed by atoms with Gasteiger partial charge in [-0.2, -0.15) is 0 Å². The van der Waals surface area contributed by atoms with Crippen molar-refractivity contribution in [1.82, 2.24) is 0 Å². The van der Waals surface area contributed by atoms with Gasteiger partial charge in [-0.15, -0.1) is 0 Å². The van der Waals surface area contributed by atoms with Gasteiger partial charge in [-0.25, -0.2) is 0 Å². The summed E-state index contributed by atoms with van der Waals surface area (Å²) in [5.41, 5.74) is 1.08. The maximum atomic E-state index is 12.0. The second-order valence-corrected chi connectivity index (χ2v) is 5.44. The number of hydrogen-bond acceptors (Lipinski definition) is 2. The van der Waals surface area contributed by atoms with Crippen LogP contribution in [0.3, 0.4) is 0 Å². The van der Waals surface area contributed by atoms with E-state index in [2.05, 4.69) is 19.9 Å². The zero-order chi connectivity index (χ0) is 13.2. The standard InChI is InChI=1S/C16H20O2/c1-4-8-13-14(16(13,2)3)15(17)18-11-12-9-6-5-7-10-12/h4-10,13-14H,11H2,1-3H3. The minimum Gasteiger partial charge on any atom is -0.461 e. The van der Waals surface area contributed by atoms with Crippen LogP contribution in [0.2, 0.25) is 0 Å². The van der Waals surface area contributed by atoms with E-state index in [4.69, 9.17) is 4.74 Å². The van der Waals surface area contributed by atoms with Crippen LogP contribution in [0, 0.1) is 17.3 Å². The van der Waals surface area contributed by atoms with Gasteiger partial charge in [0.2, 0.25) is 0 Å². The fraction of sp³-hybridized carbons (Fsp3) is 0.438. The molecule has 1 aliphatic carbocycles. The first kappa shape index (κ1) is 12.9. The number of rotatable bonds is 4. The average Bonchev–Trinajstić information content (AvgIpc) is 2.90. The highest BCUT2D eigenvalue weighted by atomic mass is 16.5. The predicted molar refractivity (Wildman–Crippen MR) is 71.8 cm³/mol. The van der Waals surface area contributed by atoms with Crippen LogP contribution >= 0.6 is 0 Å². The van der Waals surface area contributed by atoms with Crippen molar-refractivity contribution in [1.29, 1.82) is 0 Å². The number of allylic oxidation sites excluding steroid dienone is 2. The number of carbonyl (C=O) groups is 1. The third-order valence-electron chi connectivity index (χ3n) is 3.79. The molecule has 2 nitrogen and oxygen atoms in total. The molecule has 2 heteroatoms. The largest absolute Gasteiger partial charge is 0.461 e. The fourth-order valence-corrected chi connectivity index (χ4v) is 2.51. The molecule has 0 bridgehead atoms. The van der Waals surface area contributed by atoms with Crippen LogP contribution in [0.4, 0.5) is 0 Å². The second-order valence-electron chi connectivity index (χ2n) is 5.44. The van der Waals surface area contributed by atoms with Crippen LogP contribution in [0.5, 0.6) is 0 Å². The molecule has 2 unspecified atom stereocenters. The average molecular weight is 244 g/mol. The molecular weight excluding hydrogens is 224 g/mol. The molecule has 1 fully saturated rings. The van der Waals surface area contributed by atoms with E-state index in [0.717, 1.165) is 5.56 Å². The molecule has 1 aromatic carbocycles. The zero-order valence-corrected chi connectivity index (χ0v) is 11.2. The molecular formula is C16H20O2. The number of hydrogen-bond donors (Lipinski definition) is 0. The van der Waals surface area contributed by atoms with Gasteiger partial charge in [0.25, 0.3) is 0 Å². The molecule has 0 N–H and O–H groups in total. The van der Waals surface area contributed by atoms with E-state index in [-0.39, 0.29) is 17.3 Å². The smallest absolute Gasteiger partial charge is 0.310 e. The Morgan fingerprint density at radius 2 is 2.00 bits per heavy atom. The summed E-state index contributed by atoms with van der Waals surface area (Å²) in [5.74, 6) is 0.259. The number of ether oxygens (including phenoxy) is 1. The monoisotopic (exact) mass is 244 g/mol. The van der Waals surface area contributed by atoms with E-state index in [1.165, 1.54) is 0 Å². The Morgan fingerprint density at radius 3 is 2.61 bits per heavy atom. The quantitative estimate of drug-likeness (QED) is 0.597. The molecule has 2 rings (SSSR count). The first-order valence-electron chi connectivity index (χ1n) is 6.40. The highest BCUT2D eigenvalue weighted by Gasteiger charge is 2.61. The Kier molecular flexibility index (Phi) is 3.55. The van der Waals surface area contributed by atoms with E-state index in [1.807, 2.05) is 43.3 Å². The molecule has 1 aliphatic rings. The molecule has 1 aromatic rings. The zero-order valence-electron chi connectivity index (χ0n) is 11.2. The SMILES string of the molecule is CC=CC1C(C(=O)OCc2ccccc2)C1(C)C. The topological polar surface area (TPSA) is 26.3 Å². The molecule has 0 amide bonds. The van der Waals surface area contributed by atoms with E-state index < -0.39 is 0 Å². The molecule has 18 heavy (non-hydrogen) atoms. The minimum absolute atomic E-state index is 0.0115. The maximum Gasteiger partial charge on any atom is 0.310 e. The summed E-state index contributed by atoms with van der Waals surface area (Å²) in [7, 11) is 0. The van der Waals surface area contributed by atoms with Crippen molar-refractivity contribution in [3.05, 3.63) is 48.0 Å². The van der Waals surface area contributed by atoms with Gasteiger partial charge < -0.3 is 4.74 Å². The van der Waals surface area contributed by atoms with E-state index in [1.54, 1.807) is 0 Å². The summed E-state index contributed by atoms with van der Waals surface area (Å²) in [5, 5.41) is 0. The summed E-state index contributed by atoms with van der Waals surface area (Å²) in [6.45, 7) is 6.59. The third-order valence-corrected chi connectivity index (χ3v) is 3.79. The van der Waals surface area contributed by atoms with Crippen molar-refractivity contribution in [2.75, 3.05) is 0 Å². The molecule has 0 radical (unpaired) electrons. The van der Waals surface area contributed by atoms with E-state index >= 15 is 0 Å². The van der Waals surface area contributed by atoms with Gasteiger partial charge in [0, 0.05) is 0 Å². The lowest BCUT2D eigenvalue weighted by atomic mass is 10.1. The van der Waals surface area contributed by atoms with Gasteiger partial charge in [0.1, 0.15) is 6.61 Å². The predicted octanol–water partition coefficient (Wildman–Crippen LogP) is 3.58. The second kappa shape index (κ2) is 4.97. The summed E-state index contributed by atoms with van der Waals surface area (Å²) in [4.78, 5) is 12.0. The maximum absolute atomic E-state index is 12.0. The number of benzene rings is 1. The highest BCUT2D eigenvalue weighted by Crippen LogP contribution is 2.59. The van der Waals surface area contributed by atoms with Crippen LogP contribution < -0.4 is 0 Å². The van der Waals surface area contributed by atoms with Crippen LogP contribution in [0.25, 0.3) is 0 Å². The van der Waals surface area contributed by atoms with Crippen molar-refractivity contribution in [2.45, 2.75) is 27.4 Å². The van der Waals surface area contributed by atoms with Gasteiger partial charge >= 0.3 is 5.97 Å². The lowest BCUT2D eigenvalue weighted by molar-refractivity contribution is -0.147. The van der Waals surface area contributed by atoms with Crippen molar-refractivity contribution in [3.8, 4) is 0 Å². The summed E-state index contributed by atoms with van der Waals surface area (Å²) in [6.07, 6.45) is 4.12. The molecule has 0 aromatic heterocycles. The first-order chi connectivity index (χ1) is 8.57. The Morgan fingerprint density at radius 1 is 1.33 bits per heavy atom. The third kappa shape index (κ3) is 2.47. The fourth-order valence-electron chi connectivity index (χ4n) is 2.51. The minimum atomic E-state index is -0.0769. The lowest BCUT2D eigenvalue weighted by Crippen LogP contribution is -2.10. The lowest BCUT2D eigenvalue weighted by Gasteiger charge is -2.05. The molecule has 0 aliphatic heterocycles. The number of carbonyl (C=O) groups excluding carboxylic acids is 1. The van der Waals surface area contributed by atoms with Gasteiger partial charge in [0.15, 0.2) is 0 Å². The summed E-state index contributed by atoms with van der Waals surface area (Å²) >= 11 is 0. The van der Waals surface area contributed by atoms with Gasteiger partial charge in [0.05, 0.1) is 5.92 Å². The number of esters is 1. The van der Waals surface area contributed by atoms with Crippen molar-refractivity contribution < 1.29 is 9.53 Å². The molecule has 2 atom stereocenters. The first-order valence-corrected chi connectivity index (χ1v) is 6.40. The van der Waals surface area contributed by atoms with E-state index in [0.29, 0.717) is 12.5 Å². The van der Waals surface area contributed by atoms with Crippen LogP contribution in [0.1, 0.15) is 26.3 Å². The van der Waals surface area contributed by atoms with E-state index in [9.17, 15) is 4.79 Å². The van der Waals surface area contributed by atoms with Crippen LogP contribution in [0.15, 0.2) is 42.5 Å². The normalized spacial score (nSPS) is 25.1. The molecule has 0 saturated heterocycles. The van der Waals surface area contributed by atoms with Crippen molar-refractivity contribution in [3.63, 3.8) is 0 Å². The Hall–Kier alpha value is -1.57. The Balaban J connectivity index is 1.90. The van der Waals surface area contributed by atoms with Crippen molar-refractivity contribution >= 4 is 5.97 Å². The summed E-state index contributed by atoms with van der Waals surface area (Å²) in [6, 6.07) is 9.79. The molecule has 1 saturated carbocycles. The summed E-state index contributed by atoms with van der Waals surface area (Å²) < 4.78 is 5.39. The van der Waals surface area contributed by atoms with Gasteiger partial charge in [-0.3, -0.25) is 4.79 Å². The van der Waals surface area contributed by atoms with Crippen molar-refractivity contribution in [2.24, 2.45) is 17.3 Å². The van der Waals surface area contributed by atoms with Crippen LogP contribution in [-0.2, 0) is 16.1 Å². The molecule has 0 heterocycles. The van der Waals surface area contributed by atoms with Gasteiger partial charge in [-0.05, 0) is 23.8 Å².